The van der Waals surface area contributed by atoms with E-state index < -0.39 is 0 Å². The Morgan fingerprint density at radius 2 is 2.22 bits per heavy atom. The molecular formula is C14H20BrFN2. The molecule has 2 N–H and O–H groups in total. The highest BCUT2D eigenvalue weighted by atomic mass is 79.9. The first-order valence-electron chi connectivity index (χ1n) is 6.51. The minimum absolute atomic E-state index is 0.133. The molecule has 0 aromatic heterocycles. The minimum atomic E-state index is -0.133. The highest BCUT2D eigenvalue weighted by molar-refractivity contribution is 9.10. The fourth-order valence-electron chi connectivity index (χ4n) is 2.74. The van der Waals surface area contributed by atoms with Gasteiger partial charge in [-0.2, -0.15) is 0 Å². The van der Waals surface area contributed by atoms with Crippen molar-refractivity contribution < 1.29 is 4.39 Å². The molecule has 4 heteroatoms. The molecule has 18 heavy (non-hydrogen) atoms. The van der Waals surface area contributed by atoms with Crippen LogP contribution in [0.1, 0.15) is 31.7 Å². The lowest BCUT2D eigenvalue weighted by atomic mass is 9.95. The van der Waals surface area contributed by atoms with Crippen LogP contribution in [0.4, 0.5) is 4.39 Å². The number of hydrogen-bond donors (Lipinski definition) is 1. The SMILES string of the molecule is CC1CCCC(CN)N1Cc1cc(Br)ccc1F. The molecule has 0 aliphatic carbocycles. The summed E-state index contributed by atoms with van der Waals surface area (Å²) in [7, 11) is 0. The molecule has 100 valence electrons. The molecule has 1 aliphatic rings. The lowest BCUT2D eigenvalue weighted by Crippen LogP contribution is -2.48. The Morgan fingerprint density at radius 1 is 1.44 bits per heavy atom. The second-order valence-corrected chi connectivity index (χ2v) is 5.99. The van der Waals surface area contributed by atoms with Gasteiger partial charge in [0.05, 0.1) is 0 Å². The van der Waals surface area contributed by atoms with Crippen LogP contribution in [0.15, 0.2) is 22.7 Å². The summed E-state index contributed by atoms with van der Waals surface area (Å²) in [6.45, 7) is 3.51. The van der Waals surface area contributed by atoms with Gasteiger partial charge < -0.3 is 5.73 Å². The van der Waals surface area contributed by atoms with Crippen LogP contribution in [0.25, 0.3) is 0 Å². The van der Waals surface area contributed by atoms with Crippen LogP contribution >= 0.6 is 15.9 Å². The van der Waals surface area contributed by atoms with Crippen LogP contribution < -0.4 is 5.73 Å². The van der Waals surface area contributed by atoms with Crippen LogP contribution in [0.2, 0.25) is 0 Å². The van der Waals surface area contributed by atoms with Gasteiger partial charge in [-0.3, -0.25) is 4.90 Å². The van der Waals surface area contributed by atoms with Crippen molar-refractivity contribution in [3.05, 3.63) is 34.1 Å². The van der Waals surface area contributed by atoms with Gasteiger partial charge in [-0.1, -0.05) is 22.4 Å². The van der Waals surface area contributed by atoms with Crippen molar-refractivity contribution >= 4 is 15.9 Å². The second-order valence-electron chi connectivity index (χ2n) is 5.08. The maximum Gasteiger partial charge on any atom is 0.127 e. The normalized spacial score (nSPS) is 25.3. The number of nitrogens with two attached hydrogens (primary N) is 1. The van der Waals surface area contributed by atoms with Crippen LogP contribution in [-0.4, -0.2) is 23.5 Å². The highest BCUT2D eigenvalue weighted by Gasteiger charge is 2.27. The minimum Gasteiger partial charge on any atom is -0.329 e. The van der Waals surface area contributed by atoms with Crippen molar-refractivity contribution in [1.82, 2.24) is 4.90 Å². The molecule has 1 saturated heterocycles. The Balaban J connectivity index is 2.17. The summed E-state index contributed by atoms with van der Waals surface area (Å²) in [4.78, 5) is 2.34. The Labute approximate surface area is 116 Å². The summed E-state index contributed by atoms with van der Waals surface area (Å²) >= 11 is 3.40. The average Bonchev–Trinajstić information content (AvgIpc) is 2.36. The van der Waals surface area contributed by atoms with E-state index in [2.05, 4.69) is 27.8 Å². The van der Waals surface area contributed by atoms with E-state index in [-0.39, 0.29) is 5.82 Å². The number of halogens is 2. The topological polar surface area (TPSA) is 29.3 Å². The summed E-state index contributed by atoms with van der Waals surface area (Å²) in [5.74, 6) is -0.133. The van der Waals surface area contributed by atoms with E-state index >= 15 is 0 Å². The van der Waals surface area contributed by atoms with E-state index in [9.17, 15) is 4.39 Å². The lowest BCUT2D eigenvalue weighted by Gasteiger charge is -2.40. The smallest absolute Gasteiger partial charge is 0.127 e. The van der Waals surface area contributed by atoms with Crippen molar-refractivity contribution in [3.63, 3.8) is 0 Å². The number of piperidine rings is 1. The van der Waals surface area contributed by atoms with Gasteiger partial charge in [-0.25, -0.2) is 4.39 Å². The number of benzene rings is 1. The molecule has 0 amide bonds. The zero-order valence-corrected chi connectivity index (χ0v) is 12.3. The lowest BCUT2D eigenvalue weighted by molar-refractivity contribution is 0.0880. The first-order chi connectivity index (χ1) is 8.61. The van der Waals surface area contributed by atoms with Gasteiger partial charge in [-0.15, -0.1) is 0 Å². The molecule has 2 nitrogen and oxygen atoms in total. The molecule has 1 aromatic rings. The van der Waals surface area contributed by atoms with Crippen molar-refractivity contribution in [2.75, 3.05) is 6.54 Å². The third-order valence-corrected chi connectivity index (χ3v) is 4.32. The standard InChI is InChI=1S/C14H20BrFN2/c1-10-3-2-4-13(8-17)18(10)9-11-7-12(15)5-6-14(11)16/h5-7,10,13H,2-4,8-9,17H2,1H3. The van der Waals surface area contributed by atoms with E-state index in [1.54, 1.807) is 6.07 Å². The summed E-state index contributed by atoms with van der Waals surface area (Å²) in [5.41, 5.74) is 6.58. The fraction of sp³-hybridized carbons (Fsp3) is 0.571. The van der Waals surface area contributed by atoms with E-state index in [0.717, 1.165) is 16.5 Å². The van der Waals surface area contributed by atoms with Crippen molar-refractivity contribution in [2.24, 2.45) is 5.73 Å². The predicted octanol–water partition coefficient (Wildman–Crippen LogP) is 3.29. The molecular weight excluding hydrogens is 295 g/mol. The molecule has 0 bridgehead atoms. The number of likely N-dealkylation sites (tertiary alicyclic amines) is 1. The molecule has 2 unspecified atom stereocenters. The van der Waals surface area contributed by atoms with Crippen molar-refractivity contribution in [1.29, 1.82) is 0 Å². The van der Waals surface area contributed by atoms with Gasteiger partial charge in [-0.05, 0) is 38.0 Å². The third-order valence-electron chi connectivity index (χ3n) is 3.83. The van der Waals surface area contributed by atoms with Gasteiger partial charge in [0.25, 0.3) is 0 Å². The zero-order valence-electron chi connectivity index (χ0n) is 10.7. The monoisotopic (exact) mass is 314 g/mol. The quantitative estimate of drug-likeness (QED) is 0.927. The van der Waals surface area contributed by atoms with E-state index in [4.69, 9.17) is 5.73 Å². The Bertz CT molecular complexity index is 411. The van der Waals surface area contributed by atoms with E-state index in [0.29, 0.717) is 25.2 Å². The van der Waals surface area contributed by atoms with Crippen LogP contribution in [0.3, 0.4) is 0 Å². The highest BCUT2D eigenvalue weighted by Crippen LogP contribution is 2.26. The second kappa shape index (κ2) is 6.13. The Morgan fingerprint density at radius 3 is 2.94 bits per heavy atom. The first-order valence-corrected chi connectivity index (χ1v) is 7.31. The molecule has 0 saturated carbocycles. The average molecular weight is 315 g/mol. The molecule has 0 radical (unpaired) electrons. The zero-order chi connectivity index (χ0) is 13.1. The summed E-state index contributed by atoms with van der Waals surface area (Å²) in [6.07, 6.45) is 3.52. The maximum atomic E-state index is 13.8. The van der Waals surface area contributed by atoms with Crippen molar-refractivity contribution in [2.45, 2.75) is 44.8 Å². The summed E-state index contributed by atoms with van der Waals surface area (Å²) in [6, 6.07) is 5.98. The first kappa shape index (κ1) is 14.0. The van der Waals surface area contributed by atoms with E-state index in [1.165, 1.54) is 18.9 Å². The van der Waals surface area contributed by atoms with Crippen LogP contribution in [0.5, 0.6) is 0 Å². The van der Waals surface area contributed by atoms with Crippen molar-refractivity contribution in [3.8, 4) is 0 Å². The van der Waals surface area contributed by atoms with Gasteiger partial charge in [0.2, 0.25) is 0 Å². The van der Waals surface area contributed by atoms with Crippen LogP contribution in [0, 0.1) is 5.82 Å². The molecule has 1 fully saturated rings. The van der Waals surface area contributed by atoms with Gasteiger partial charge in [0.15, 0.2) is 0 Å². The third kappa shape index (κ3) is 3.11. The summed E-state index contributed by atoms with van der Waals surface area (Å²) < 4.78 is 14.7. The van der Waals surface area contributed by atoms with Crippen LogP contribution in [-0.2, 0) is 6.54 Å². The number of hydrogen-bond acceptors (Lipinski definition) is 2. The van der Waals surface area contributed by atoms with E-state index in [1.807, 2.05) is 6.07 Å². The number of rotatable bonds is 3. The number of nitrogens with zero attached hydrogens (tertiary/aromatic N) is 1. The summed E-state index contributed by atoms with van der Waals surface area (Å²) in [5, 5.41) is 0. The molecule has 0 spiro atoms. The van der Waals surface area contributed by atoms with Gasteiger partial charge in [0.1, 0.15) is 5.82 Å². The molecule has 1 heterocycles. The largest absolute Gasteiger partial charge is 0.329 e. The fourth-order valence-corrected chi connectivity index (χ4v) is 3.15. The molecule has 1 aliphatic heterocycles. The molecule has 1 aromatic carbocycles. The maximum absolute atomic E-state index is 13.8. The Kier molecular flexibility index (Phi) is 4.76. The predicted molar refractivity (Wildman–Crippen MR) is 75.8 cm³/mol. The molecule has 2 rings (SSSR count). The van der Waals surface area contributed by atoms with Gasteiger partial charge >= 0.3 is 0 Å². The van der Waals surface area contributed by atoms with Gasteiger partial charge in [0, 0.05) is 35.2 Å². The Hall–Kier alpha value is -0.450. The molecule has 2 atom stereocenters.